The van der Waals surface area contributed by atoms with Crippen molar-refractivity contribution in [3.63, 3.8) is 0 Å². The van der Waals surface area contributed by atoms with E-state index in [0.717, 1.165) is 5.56 Å². The van der Waals surface area contributed by atoms with Crippen LogP contribution in [0.1, 0.15) is 26.3 Å². The monoisotopic (exact) mass is 171 g/mol. The summed E-state index contributed by atoms with van der Waals surface area (Å²) in [5.74, 6) is -0.149. The molecule has 0 spiro atoms. The third-order valence-corrected chi connectivity index (χ3v) is 0.943. The number of hydrogen-bond acceptors (Lipinski definition) is 4. The number of aryl methyl sites for hydroxylation is 1. The molecule has 0 atom stereocenters. The van der Waals surface area contributed by atoms with Crippen LogP contribution in [0.4, 0.5) is 0 Å². The molecule has 0 amide bonds. The van der Waals surface area contributed by atoms with Gasteiger partial charge in [-0.05, 0) is 12.1 Å². The van der Waals surface area contributed by atoms with Gasteiger partial charge in [-0.15, -0.1) is 0 Å². The Morgan fingerprint density at radius 3 is 2.50 bits per heavy atom. The van der Waals surface area contributed by atoms with Crippen LogP contribution < -0.4 is 4.74 Å². The number of carbonyl (C=O) groups is 1. The van der Waals surface area contributed by atoms with Crippen molar-refractivity contribution in [1.82, 2.24) is 5.16 Å². The zero-order valence-electron chi connectivity index (χ0n) is 7.75. The first-order chi connectivity index (χ1) is 5.70. The van der Waals surface area contributed by atoms with Crippen molar-refractivity contribution in [3.8, 4) is 5.88 Å². The molecule has 0 aliphatic carbocycles. The van der Waals surface area contributed by atoms with Crippen molar-refractivity contribution in [1.29, 1.82) is 0 Å². The molecule has 0 N–H and O–H groups in total. The second kappa shape index (κ2) is 5.35. The van der Waals surface area contributed by atoms with E-state index in [0.29, 0.717) is 0 Å². The van der Waals surface area contributed by atoms with Gasteiger partial charge in [0.1, 0.15) is 6.26 Å². The average Bonchev–Trinajstić information content (AvgIpc) is 2.40. The zero-order chi connectivity index (χ0) is 9.56. The fourth-order valence-electron chi connectivity index (χ4n) is 0.511. The van der Waals surface area contributed by atoms with Crippen LogP contribution in [0.15, 0.2) is 10.8 Å². The zero-order valence-corrected chi connectivity index (χ0v) is 7.75. The van der Waals surface area contributed by atoms with Gasteiger partial charge in [0.05, 0.1) is 5.56 Å². The number of hydrogen-bond donors (Lipinski definition) is 0. The lowest BCUT2D eigenvalue weighted by Crippen LogP contribution is -2.02. The lowest BCUT2D eigenvalue weighted by atomic mass is 10.4. The maximum atomic E-state index is 10.4. The summed E-state index contributed by atoms with van der Waals surface area (Å²) < 4.78 is 9.16. The second-order valence-electron chi connectivity index (χ2n) is 1.90. The Kier molecular flexibility index (Phi) is 4.76. The highest BCUT2D eigenvalue weighted by Crippen LogP contribution is 2.12. The third kappa shape index (κ3) is 3.18. The molecular formula is C8H13NO3. The van der Waals surface area contributed by atoms with E-state index in [4.69, 9.17) is 0 Å². The van der Waals surface area contributed by atoms with Gasteiger partial charge in [0, 0.05) is 6.92 Å². The molecule has 1 heterocycles. The Hall–Kier alpha value is -1.32. The molecule has 0 fully saturated rings. The molecule has 0 aromatic carbocycles. The summed E-state index contributed by atoms with van der Waals surface area (Å²) in [5, 5.41) is 3.44. The van der Waals surface area contributed by atoms with E-state index in [1.807, 2.05) is 13.8 Å². The predicted molar refractivity (Wildman–Crippen MR) is 43.9 cm³/mol. The highest BCUT2D eigenvalue weighted by atomic mass is 16.6. The van der Waals surface area contributed by atoms with E-state index in [2.05, 4.69) is 14.4 Å². The average molecular weight is 171 g/mol. The molecule has 1 aromatic heterocycles. The maximum absolute atomic E-state index is 10.4. The number of esters is 1. The Balaban J connectivity index is 0.000000561. The lowest BCUT2D eigenvalue weighted by Gasteiger charge is -1.92. The normalized spacial score (nSPS) is 8.33. The lowest BCUT2D eigenvalue weighted by molar-refractivity contribution is -0.132. The van der Waals surface area contributed by atoms with E-state index in [1.165, 1.54) is 13.2 Å². The predicted octanol–water partition coefficient (Wildman–Crippen LogP) is 1.93. The molecule has 0 saturated carbocycles. The summed E-state index contributed by atoms with van der Waals surface area (Å²) in [4.78, 5) is 10.4. The van der Waals surface area contributed by atoms with Crippen LogP contribution in [0.25, 0.3) is 0 Å². The van der Waals surface area contributed by atoms with E-state index >= 15 is 0 Å². The van der Waals surface area contributed by atoms with E-state index in [-0.39, 0.29) is 5.88 Å². The first kappa shape index (κ1) is 10.7. The van der Waals surface area contributed by atoms with Crippen LogP contribution in [-0.2, 0) is 4.79 Å². The molecule has 0 bridgehead atoms. The molecule has 0 radical (unpaired) electrons. The van der Waals surface area contributed by atoms with Gasteiger partial charge < -0.3 is 9.26 Å². The van der Waals surface area contributed by atoms with Crippen molar-refractivity contribution in [2.75, 3.05) is 0 Å². The van der Waals surface area contributed by atoms with Gasteiger partial charge >= 0.3 is 5.97 Å². The first-order valence-corrected chi connectivity index (χ1v) is 3.79. The summed E-state index contributed by atoms with van der Waals surface area (Å²) in [6, 6.07) is 0. The van der Waals surface area contributed by atoms with Crippen molar-refractivity contribution >= 4 is 5.97 Å². The summed E-state index contributed by atoms with van der Waals surface area (Å²) in [5.41, 5.74) is 0.718. The quantitative estimate of drug-likeness (QED) is 0.606. The summed E-state index contributed by atoms with van der Waals surface area (Å²) in [7, 11) is 0. The van der Waals surface area contributed by atoms with Gasteiger partial charge in [-0.2, -0.15) is 0 Å². The Bertz CT molecular complexity index is 242. The van der Waals surface area contributed by atoms with Gasteiger partial charge in [-0.1, -0.05) is 13.8 Å². The maximum Gasteiger partial charge on any atom is 0.309 e. The molecule has 0 unspecified atom stereocenters. The number of nitrogens with zero attached hydrogens (tertiary/aromatic N) is 1. The Morgan fingerprint density at radius 1 is 1.58 bits per heavy atom. The fourth-order valence-corrected chi connectivity index (χ4v) is 0.511. The summed E-state index contributed by atoms with van der Waals surface area (Å²) in [6.45, 7) is 7.06. The topological polar surface area (TPSA) is 52.3 Å². The molecule has 12 heavy (non-hydrogen) atoms. The third-order valence-electron chi connectivity index (χ3n) is 0.943. The number of aromatic nitrogens is 1. The van der Waals surface area contributed by atoms with Gasteiger partial charge in [0.2, 0.25) is 0 Å². The molecule has 1 aromatic rings. The van der Waals surface area contributed by atoms with Crippen molar-refractivity contribution < 1.29 is 14.1 Å². The molecule has 0 aliphatic heterocycles. The SMILES string of the molecule is CC.CC(=O)Oc1nocc1C. The number of carbonyl (C=O) groups excluding carboxylic acids is 1. The number of ether oxygens (including phenoxy) is 1. The second-order valence-corrected chi connectivity index (χ2v) is 1.90. The molecular weight excluding hydrogens is 158 g/mol. The molecule has 0 saturated heterocycles. The van der Waals surface area contributed by atoms with Gasteiger partial charge in [-0.3, -0.25) is 4.79 Å². The minimum atomic E-state index is -0.392. The van der Waals surface area contributed by atoms with Crippen molar-refractivity contribution in [2.24, 2.45) is 0 Å². The van der Waals surface area contributed by atoms with Crippen molar-refractivity contribution in [3.05, 3.63) is 11.8 Å². The minimum Gasteiger partial charge on any atom is -0.404 e. The van der Waals surface area contributed by atoms with Crippen molar-refractivity contribution in [2.45, 2.75) is 27.7 Å². The Morgan fingerprint density at radius 2 is 2.17 bits per heavy atom. The van der Waals surface area contributed by atoms with E-state index < -0.39 is 5.97 Å². The fraction of sp³-hybridized carbons (Fsp3) is 0.500. The van der Waals surface area contributed by atoms with Gasteiger partial charge in [0.25, 0.3) is 5.88 Å². The molecule has 4 heteroatoms. The molecule has 68 valence electrons. The molecule has 0 aliphatic rings. The number of rotatable bonds is 1. The van der Waals surface area contributed by atoms with E-state index in [1.54, 1.807) is 6.92 Å². The van der Waals surface area contributed by atoms with Crippen LogP contribution in [-0.4, -0.2) is 11.1 Å². The van der Waals surface area contributed by atoms with Gasteiger partial charge in [0.15, 0.2) is 0 Å². The standard InChI is InChI=1S/C6H7NO3.C2H6/c1-4-3-9-7-6(4)10-5(2)8;1-2/h3H,1-2H3;1-2H3. The smallest absolute Gasteiger partial charge is 0.309 e. The van der Waals surface area contributed by atoms with Crippen LogP contribution >= 0.6 is 0 Å². The van der Waals surface area contributed by atoms with Crippen LogP contribution in [0.5, 0.6) is 5.88 Å². The largest absolute Gasteiger partial charge is 0.404 e. The van der Waals surface area contributed by atoms with E-state index in [9.17, 15) is 4.79 Å². The Labute approximate surface area is 71.5 Å². The molecule has 4 nitrogen and oxygen atoms in total. The summed E-state index contributed by atoms with van der Waals surface area (Å²) >= 11 is 0. The minimum absolute atomic E-state index is 0.243. The van der Waals surface area contributed by atoms with Crippen LogP contribution in [0.2, 0.25) is 0 Å². The first-order valence-electron chi connectivity index (χ1n) is 3.79. The van der Waals surface area contributed by atoms with Crippen LogP contribution in [0, 0.1) is 6.92 Å². The highest BCUT2D eigenvalue weighted by molar-refractivity contribution is 5.68. The molecule has 1 rings (SSSR count). The summed E-state index contributed by atoms with van der Waals surface area (Å²) in [6.07, 6.45) is 1.41. The highest BCUT2D eigenvalue weighted by Gasteiger charge is 2.05. The van der Waals surface area contributed by atoms with Crippen LogP contribution in [0.3, 0.4) is 0 Å². The van der Waals surface area contributed by atoms with Gasteiger partial charge in [-0.25, -0.2) is 0 Å².